The molecule has 0 radical (unpaired) electrons. The highest BCUT2D eigenvalue weighted by Crippen LogP contribution is 2.34. The molecule has 3 aromatic rings. The molecular formula is C22H28N4O3S3. The van der Waals surface area contributed by atoms with Gasteiger partial charge in [-0.15, -0.1) is 32.9 Å². The quantitative estimate of drug-likeness (QED) is 0.303. The molecule has 1 amide bonds. The van der Waals surface area contributed by atoms with Gasteiger partial charge in [0.05, 0.1) is 17.9 Å². The third-order valence-electron chi connectivity index (χ3n) is 4.81. The molecule has 3 heterocycles. The van der Waals surface area contributed by atoms with Gasteiger partial charge in [-0.1, -0.05) is 18.7 Å². The van der Waals surface area contributed by atoms with Crippen LogP contribution in [-0.4, -0.2) is 39.0 Å². The molecule has 0 saturated heterocycles. The molecule has 0 saturated carbocycles. The predicted octanol–water partition coefficient (Wildman–Crippen LogP) is 5.74. The predicted molar refractivity (Wildman–Crippen MR) is 132 cm³/mol. The van der Waals surface area contributed by atoms with Crippen LogP contribution in [-0.2, 0) is 16.0 Å². The number of rotatable bonds is 9. The molecule has 0 aliphatic carbocycles. The van der Waals surface area contributed by atoms with E-state index in [4.69, 9.17) is 4.74 Å². The minimum atomic E-state index is -0.429. The number of ether oxygens (including phenoxy) is 1. The van der Waals surface area contributed by atoms with Gasteiger partial charge in [0.15, 0.2) is 11.0 Å². The number of carbonyl (C=O) groups excluding carboxylic acids is 2. The number of hydrogen-bond acceptors (Lipinski definition) is 8. The fourth-order valence-corrected chi connectivity index (χ4v) is 6.11. The maximum atomic E-state index is 12.7. The molecule has 7 nitrogen and oxygen atoms in total. The Morgan fingerprint density at radius 1 is 1.25 bits per heavy atom. The number of thiophene rings is 2. The summed E-state index contributed by atoms with van der Waals surface area (Å²) < 4.78 is 7.17. The summed E-state index contributed by atoms with van der Waals surface area (Å²) in [5.74, 6) is 0.361. The van der Waals surface area contributed by atoms with Gasteiger partial charge in [0.1, 0.15) is 5.00 Å². The van der Waals surface area contributed by atoms with Crippen molar-refractivity contribution in [2.45, 2.75) is 59.2 Å². The number of carbonyl (C=O) groups is 2. The number of esters is 1. The number of thioether (sulfide) groups is 1. The number of hydrogen-bond donors (Lipinski definition) is 1. The molecule has 1 N–H and O–H groups in total. The lowest BCUT2D eigenvalue weighted by atomic mass is 10.1. The van der Waals surface area contributed by atoms with E-state index >= 15 is 0 Å². The van der Waals surface area contributed by atoms with Crippen molar-refractivity contribution in [1.82, 2.24) is 14.8 Å². The topological polar surface area (TPSA) is 86.1 Å². The zero-order valence-corrected chi connectivity index (χ0v) is 21.6. The maximum Gasteiger partial charge on any atom is 0.341 e. The standard InChI is InChI=1S/C22H28N4O3S3/c1-7-15-14(6)30-10-17(15)19-24-25-22(26(19)12(3)4)31-11-18(27)23-20-16(9-13(5)32-20)21(28)29-8-2/h9-10,12H,7-8,11H2,1-6H3,(H,23,27). The van der Waals surface area contributed by atoms with Crippen LogP contribution in [0.3, 0.4) is 0 Å². The Kier molecular flexibility index (Phi) is 8.13. The van der Waals surface area contributed by atoms with Crippen molar-refractivity contribution in [3.05, 3.63) is 32.3 Å². The van der Waals surface area contributed by atoms with E-state index in [1.807, 2.05) is 6.92 Å². The molecule has 0 aromatic carbocycles. The van der Waals surface area contributed by atoms with Crippen LogP contribution in [0.5, 0.6) is 0 Å². The van der Waals surface area contributed by atoms with E-state index < -0.39 is 5.97 Å². The van der Waals surface area contributed by atoms with E-state index in [0.717, 1.165) is 22.7 Å². The Hall–Kier alpha value is -2.17. The monoisotopic (exact) mass is 492 g/mol. The maximum absolute atomic E-state index is 12.7. The van der Waals surface area contributed by atoms with Gasteiger partial charge in [-0.2, -0.15) is 0 Å². The second-order valence-electron chi connectivity index (χ2n) is 7.46. The molecular weight excluding hydrogens is 464 g/mol. The fraction of sp³-hybridized carbons (Fsp3) is 0.455. The van der Waals surface area contributed by atoms with Gasteiger partial charge < -0.3 is 10.1 Å². The van der Waals surface area contributed by atoms with Gasteiger partial charge in [-0.3, -0.25) is 9.36 Å². The first-order chi connectivity index (χ1) is 15.3. The van der Waals surface area contributed by atoms with Gasteiger partial charge in [-0.25, -0.2) is 4.79 Å². The summed E-state index contributed by atoms with van der Waals surface area (Å²) in [5, 5.41) is 15.0. The first-order valence-corrected chi connectivity index (χ1v) is 13.2. The minimum absolute atomic E-state index is 0.144. The fourth-order valence-electron chi connectivity index (χ4n) is 3.39. The third-order valence-corrected chi connectivity index (χ3v) is 7.68. The van der Waals surface area contributed by atoms with Crippen molar-refractivity contribution in [2.24, 2.45) is 0 Å². The zero-order chi connectivity index (χ0) is 23.4. The van der Waals surface area contributed by atoms with Crippen LogP contribution in [0.25, 0.3) is 11.4 Å². The van der Waals surface area contributed by atoms with Crippen LogP contribution in [0.2, 0.25) is 0 Å². The summed E-state index contributed by atoms with van der Waals surface area (Å²) in [5.41, 5.74) is 2.79. The van der Waals surface area contributed by atoms with Gasteiger partial charge in [-0.05, 0) is 52.7 Å². The number of amides is 1. The van der Waals surface area contributed by atoms with Crippen molar-refractivity contribution in [2.75, 3.05) is 17.7 Å². The number of nitrogens with zero attached hydrogens (tertiary/aromatic N) is 3. The normalized spacial score (nSPS) is 11.2. The van der Waals surface area contributed by atoms with Gasteiger partial charge >= 0.3 is 5.97 Å². The van der Waals surface area contributed by atoms with Gasteiger partial charge in [0.2, 0.25) is 5.91 Å². The molecule has 0 fully saturated rings. The molecule has 32 heavy (non-hydrogen) atoms. The molecule has 0 aliphatic heterocycles. The summed E-state index contributed by atoms with van der Waals surface area (Å²) >= 11 is 4.42. The zero-order valence-electron chi connectivity index (χ0n) is 19.1. The van der Waals surface area contributed by atoms with Crippen molar-refractivity contribution < 1.29 is 14.3 Å². The van der Waals surface area contributed by atoms with E-state index in [2.05, 4.69) is 53.2 Å². The van der Waals surface area contributed by atoms with Gasteiger partial charge in [0, 0.05) is 26.7 Å². The molecule has 3 rings (SSSR count). The van der Waals surface area contributed by atoms with Crippen LogP contribution in [0.15, 0.2) is 16.6 Å². The molecule has 0 aliphatic rings. The SMILES string of the molecule is CCOC(=O)c1cc(C)sc1NC(=O)CSc1nnc(-c2csc(C)c2CC)n1C(C)C. The Bertz CT molecular complexity index is 1110. The van der Waals surface area contributed by atoms with E-state index in [9.17, 15) is 9.59 Å². The first-order valence-electron chi connectivity index (χ1n) is 10.5. The Morgan fingerprint density at radius 3 is 2.66 bits per heavy atom. The molecule has 3 aromatic heterocycles. The van der Waals surface area contributed by atoms with Crippen LogP contribution in [0.1, 0.15) is 59.4 Å². The summed E-state index contributed by atoms with van der Waals surface area (Å²) in [4.78, 5) is 27.0. The number of aromatic nitrogens is 3. The van der Waals surface area contributed by atoms with Crippen molar-refractivity contribution in [3.63, 3.8) is 0 Å². The Labute approximate surface area is 200 Å². The summed E-state index contributed by atoms with van der Waals surface area (Å²) in [6, 6.07) is 1.88. The summed E-state index contributed by atoms with van der Waals surface area (Å²) in [7, 11) is 0. The third kappa shape index (κ3) is 5.24. The summed E-state index contributed by atoms with van der Waals surface area (Å²) in [6.45, 7) is 12.4. The minimum Gasteiger partial charge on any atom is -0.462 e. The van der Waals surface area contributed by atoms with Crippen LogP contribution >= 0.6 is 34.4 Å². The summed E-state index contributed by atoms with van der Waals surface area (Å²) in [6.07, 6.45) is 0.934. The van der Waals surface area contributed by atoms with E-state index in [0.29, 0.717) is 15.7 Å². The van der Waals surface area contributed by atoms with Crippen molar-refractivity contribution in [3.8, 4) is 11.4 Å². The largest absolute Gasteiger partial charge is 0.462 e. The Balaban J connectivity index is 1.76. The molecule has 0 bridgehead atoms. The smallest absolute Gasteiger partial charge is 0.341 e. The van der Waals surface area contributed by atoms with Crippen LogP contribution < -0.4 is 5.32 Å². The van der Waals surface area contributed by atoms with E-state index in [-0.39, 0.29) is 24.3 Å². The van der Waals surface area contributed by atoms with E-state index in [1.165, 1.54) is 33.5 Å². The first kappa shape index (κ1) is 24.5. The van der Waals surface area contributed by atoms with Crippen LogP contribution in [0.4, 0.5) is 5.00 Å². The van der Waals surface area contributed by atoms with E-state index in [1.54, 1.807) is 24.3 Å². The molecule has 0 atom stereocenters. The number of nitrogens with one attached hydrogen (secondary N) is 1. The second kappa shape index (κ2) is 10.6. The molecule has 0 spiro atoms. The second-order valence-corrected chi connectivity index (χ2v) is 10.7. The highest BCUT2D eigenvalue weighted by molar-refractivity contribution is 7.99. The average molecular weight is 493 g/mol. The van der Waals surface area contributed by atoms with Crippen LogP contribution in [0, 0.1) is 13.8 Å². The highest BCUT2D eigenvalue weighted by Gasteiger charge is 2.22. The molecule has 10 heteroatoms. The lowest BCUT2D eigenvalue weighted by Gasteiger charge is -2.14. The number of anilines is 1. The lowest BCUT2D eigenvalue weighted by Crippen LogP contribution is -2.16. The van der Waals surface area contributed by atoms with Gasteiger partial charge in [0.25, 0.3) is 0 Å². The lowest BCUT2D eigenvalue weighted by molar-refractivity contribution is -0.113. The number of aryl methyl sites for hydroxylation is 2. The average Bonchev–Trinajstić information content (AvgIpc) is 3.42. The molecule has 172 valence electrons. The molecule has 0 unspecified atom stereocenters. The highest BCUT2D eigenvalue weighted by atomic mass is 32.2. The van der Waals surface area contributed by atoms with Crippen molar-refractivity contribution >= 4 is 51.3 Å². The Morgan fingerprint density at radius 2 is 2.00 bits per heavy atom. The van der Waals surface area contributed by atoms with Crippen molar-refractivity contribution in [1.29, 1.82) is 0 Å².